The third kappa shape index (κ3) is 2.25. The van der Waals surface area contributed by atoms with Crippen molar-refractivity contribution in [1.29, 1.82) is 0 Å². The molecule has 0 saturated carbocycles. The molecule has 62 valence electrons. The average Bonchev–Trinajstić information content (AvgIpc) is 2.01. The Morgan fingerprint density at radius 2 is 2.20 bits per heavy atom. The molecule has 1 atom stereocenters. The van der Waals surface area contributed by atoms with Crippen LogP contribution in [0.15, 0.2) is 0 Å². The van der Waals surface area contributed by atoms with Crippen LogP contribution in [0.5, 0.6) is 0 Å². The monoisotopic (exact) mass is 146 g/mol. The van der Waals surface area contributed by atoms with Crippen molar-refractivity contribution in [3.05, 3.63) is 0 Å². The summed E-state index contributed by atoms with van der Waals surface area (Å²) in [6.45, 7) is 3.40. The summed E-state index contributed by atoms with van der Waals surface area (Å²) in [4.78, 5) is 0. The van der Waals surface area contributed by atoms with Crippen LogP contribution < -0.4 is 11.1 Å². The minimum atomic E-state index is -0.0191. The van der Waals surface area contributed by atoms with Gasteiger partial charge >= 0.3 is 0 Å². The number of rotatable bonds is 5. The normalized spacial score (nSPS) is 16.8. The zero-order chi connectivity index (χ0) is 8.04. The highest BCUT2D eigenvalue weighted by atomic mass is 16.5. The molecule has 3 N–H and O–H groups in total. The van der Waals surface area contributed by atoms with E-state index >= 15 is 0 Å². The molecule has 0 aliphatic heterocycles. The molecular formula is C7H18N2O. The zero-order valence-corrected chi connectivity index (χ0v) is 7.11. The Morgan fingerprint density at radius 1 is 1.60 bits per heavy atom. The second-order valence-corrected chi connectivity index (χ2v) is 2.52. The summed E-state index contributed by atoms with van der Waals surface area (Å²) >= 11 is 0. The van der Waals surface area contributed by atoms with Gasteiger partial charge in [0.15, 0.2) is 0 Å². The van der Waals surface area contributed by atoms with Crippen LogP contribution in [-0.4, -0.2) is 32.8 Å². The van der Waals surface area contributed by atoms with Gasteiger partial charge in [-0.15, -0.1) is 0 Å². The fraction of sp³-hybridized carbons (Fsp3) is 1.00. The SMILES string of the molecule is CCC(CN)(COC)NC. The van der Waals surface area contributed by atoms with Crippen molar-refractivity contribution in [1.82, 2.24) is 5.32 Å². The van der Waals surface area contributed by atoms with Crippen LogP contribution >= 0.6 is 0 Å². The fourth-order valence-electron chi connectivity index (χ4n) is 0.933. The first-order valence-corrected chi connectivity index (χ1v) is 3.62. The maximum Gasteiger partial charge on any atom is 0.0656 e. The molecule has 0 amide bonds. The van der Waals surface area contributed by atoms with Crippen molar-refractivity contribution in [3.63, 3.8) is 0 Å². The van der Waals surface area contributed by atoms with Crippen LogP contribution in [0.25, 0.3) is 0 Å². The summed E-state index contributed by atoms with van der Waals surface area (Å²) in [5, 5.41) is 3.17. The van der Waals surface area contributed by atoms with E-state index in [-0.39, 0.29) is 5.54 Å². The highest BCUT2D eigenvalue weighted by Crippen LogP contribution is 2.06. The van der Waals surface area contributed by atoms with Gasteiger partial charge in [-0.2, -0.15) is 0 Å². The molecule has 3 nitrogen and oxygen atoms in total. The Morgan fingerprint density at radius 3 is 2.30 bits per heavy atom. The van der Waals surface area contributed by atoms with Crippen LogP contribution in [0.4, 0.5) is 0 Å². The molecule has 1 unspecified atom stereocenters. The minimum absolute atomic E-state index is 0.0191. The van der Waals surface area contributed by atoms with E-state index in [1.165, 1.54) is 0 Å². The molecule has 0 radical (unpaired) electrons. The maximum absolute atomic E-state index is 5.57. The van der Waals surface area contributed by atoms with E-state index < -0.39 is 0 Å². The van der Waals surface area contributed by atoms with Crippen molar-refractivity contribution >= 4 is 0 Å². The number of nitrogens with one attached hydrogen (secondary N) is 1. The van der Waals surface area contributed by atoms with Gasteiger partial charge in [-0.1, -0.05) is 6.92 Å². The van der Waals surface area contributed by atoms with Gasteiger partial charge in [0.25, 0.3) is 0 Å². The molecule has 0 aliphatic carbocycles. The molecule has 0 fully saturated rings. The Balaban J connectivity index is 3.87. The second-order valence-electron chi connectivity index (χ2n) is 2.52. The zero-order valence-electron chi connectivity index (χ0n) is 7.11. The summed E-state index contributed by atoms with van der Waals surface area (Å²) in [6, 6.07) is 0. The highest BCUT2D eigenvalue weighted by molar-refractivity contribution is 4.85. The fourth-order valence-corrected chi connectivity index (χ4v) is 0.933. The van der Waals surface area contributed by atoms with Crippen molar-refractivity contribution < 1.29 is 4.74 Å². The summed E-state index contributed by atoms with van der Waals surface area (Å²) in [7, 11) is 3.60. The summed E-state index contributed by atoms with van der Waals surface area (Å²) in [5.74, 6) is 0. The number of hydrogen-bond donors (Lipinski definition) is 2. The first-order chi connectivity index (χ1) is 4.74. The molecule has 0 spiro atoms. The second kappa shape index (κ2) is 4.66. The van der Waals surface area contributed by atoms with E-state index in [0.717, 1.165) is 6.42 Å². The predicted octanol–water partition coefficient (Wildman–Crippen LogP) is -0.0403. The lowest BCUT2D eigenvalue weighted by atomic mass is 9.98. The molecular weight excluding hydrogens is 128 g/mol. The number of hydrogen-bond acceptors (Lipinski definition) is 3. The quantitative estimate of drug-likeness (QED) is 0.572. The van der Waals surface area contributed by atoms with Gasteiger partial charge in [-0.25, -0.2) is 0 Å². The lowest BCUT2D eigenvalue weighted by Gasteiger charge is -2.29. The Kier molecular flexibility index (Phi) is 4.60. The maximum atomic E-state index is 5.57. The van der Waals surface area contributed by atoms with Gasteiger partial charge in [0.1, 0.15) is 0 Å². The summed E-state index contributed by atoms with van der Waals surface area (Å²) < 4.78 is 5.04. The largest absolute Gasteiger partial charge is 0.383 e. The number of nitrogens with two attached hydrogens (primary N) is 1. The molecule has 10 heavy (non-hydrogen) atoms. The molecule has 0 aliphatic rings. The minimum Gasteiger partial charge on any atom is -0.383 e. The van der Waals surface area contributed by atoms with Crippen molar-refractivity contribution in [2.45, 2.75) is 18.9 Å². The lowest BCUT2D eigenvalue weighted by molar-refractivity contribution is 0.115. The van der Waals surface area contributed by atoms with Gasteiger partial charge in [-0.05, 0) is 13.5 Å². The first kappa shape index (κ1) is 9.88. The molecule has 0 heterocycles. The van der Waals surface area contributed by atoms with E-state index in [4.69, 9.17) is 10.5 Å². The van der Waals surface area contributed by atoms with Crippen LogP contribution in [0.1, 0.15) is 13.3 Å². The van der Waals surface area contributed by atoms with Crippen LogP contribution in [0.3, 0.4) is 0 Å². The average molecular weight is 146 g/mol. The topological polar surface area (TPSA) is 47.3 Å². The lowest BCUT2D eigenvalue weighted by Crippen LogP contribution is -2.52. The third-order valence-electron chi connectivity index (χ3n) is 2.02. The molecule has 0 saturated heterocycles. The number of likely N-dealkylation sites (N-methyl/N-ethyl adjacent to an activating group) is 1. The highest BCUT2D eigenvalue weighted by Gasteiger charge is 2.23. The molecule has 0 aromatic heterocycles. The standard InChI is InChI=1S/C7H18N2O/c1-4-7(5-8,9-2)6-10-3/h9H,4-6,8H2,1-3H3. The predicted molar refractivity (Wildman–Crippen MR) is 43.0 cm³/mol. The van der Waals surface area contributed by atoms with Gasteiger partial charge in [0, 0.05) is 13.7 Å². The van der Waals surface area contributed by atoms with Crippen molar-refractivity contribution in [3.8, 4) is 0 Å². The smallest absolute Gasteiger partial charge is 0.0656 e. The van der Waals surface area contributed by atoms with E-state index in [9.17, 15) is 0 Å². The van der Waals surface area contributed by atoms with E-state index in [2.05, 4.69) is 12.2 Å². The van der Waals surface area contributed by atoms with Gasteiger partial charge < -0.3 is 15.8 Å². The molecule has 0 bridgehead atoms. The molecule has 0 aromatic carbocycles. The molecule has 3 heteroatoms. The van der Waals surface area contributed by atoms with Gasteiger partial charge in [0.05, 0.1) is 12.1 Å². The Labute approximate surface area is 62.9 Å². The van der Waals surface area contributed by atoms with Gasteiger partial charge in [-0.3, -0.25) is 0 Å². The molecule has 0 rings (SSSR count). The van der Waals surface area contributed by atoms with Gasteiger partial charge in [0.2, 0.25) is 0 Å². The van der Waals surface area contributed by atoms with Crippen molar-refractivity contribution in [2.75, 3.05) is 27.3 Å². The Hall–Kier alpha value is -0.120. The summed E-state index contributed by atoms with van der Waals surface area (Å²) in [6.07, 6.45) is 0.994. The van der Waals surface area contributed by atoms with E-state index in [0.29, 0.717) is 13.2 Å². The molecule has 0 aromatic rings. The van der Waals surface area contributed by atoms with Crippen molar-refractivity contribution in [2.24, 2.45) is 5.73 Å². The first-order valence-electron chi connectivity index (χ1n) is 3.62. The third-order valence-corrected chi connectivity index (χ3v) is 2.02. The van der Waals surface area contributed by atoms with Crippen LogP contribution in [0.2, 0.25) is 0 Å². The number of methoxy groups -OCH3 is 1. The summed E-state index contributed by atoms with van der Waals surface area (Å²) in [5.41, 5.74) is 5.55. The van der Waals surface area contributed by atoms with Crippen LogP contribution in [-0.2, 0) is 4.74 Å². The van der Waals surface area contributed by atoms with Crippen LogP contribution in [0, 0.1) is 0 Å². The number of ether oxygens (including phenoxy) is 1. The van der Waals surface area contributed by atoms with E-state index in [1.807, 2.05) is 7.05 Å². The van der Waals surface area contributed by atoms with E-state index in [1.54, 1.807) is 7.11 Å². The Bertz CT molecular complexity index is 73.4.